The predicted molar refractivity (Wildman–Crippen MR) is 105 cm³/mol. The highest BCUT2D eigenvalue weighted by Gasteiger charge is 2.15. The van der Waals surface area contributed by atoms with Gasteiger partial charge in [-0.3, -0.25) is 4.79 Å². The number of hydrogen-bond acceptors (Lipinski definition) is 6. The van der Waals surface area contributed by atoms with Crippen molar-refractivity contribution in [1.82, 2.24) is 15.5 Å². The number of amides is 1. The van der Waals surface area contributed by atoms with Gasteiger partial charge in [0.15, 0.2) is 11.5 Å². The number of hydrogen-bond donors (Lipinski definition) is 1. The number of ether oxygens (including phenoxy) is 2. The van der Waals surface area contributed by atoms with Gasteiger partial charge >= 0.3 is 11.8 Å². The molecule has 0 aliphatic carbocycles. The Kier molecular flexibility index (Phi) is 6.62. The van der Waals surface area contributed by atoms with Gasteiger partial charge in [-0.15, -0.1) is 10.2 Å². The van der Waals surface area contributed by atoms with Crippen LogP contribution < -0.4 is 14.8 Å². The lowest BCUT2D eigenvalue weighted by atomic mass is 10.1. The molecular formula is C21H23N3O4. The first kappa shape index (κ1) is 19.4. The minimum absolute atomic E-state index is 0.0550. The third-order valence-electron chi connectivity index (χ3n) is 3.95. The second-order valence-electron chi connectivity index (χ2n) is 5.93. The van der Waals surface area contributed by atoms with Crippen LogP contribution >= 0.6 is 0 Å². The zero-order valence-electron chi connectivity index (χ0n) is 16.0. The van der Waals surface area contributed by atoms with Crippen LogP contribution in [0.4, 0.5) is 0 Å². The molecule has 0 saturated carbocycles. The van der Waals surface area contributed by atoms with Crippen molar-refractivity contribution in [2.75, 3.05) is 19.8 Å². The fourth-order valence-corrected chi connectivity index (χ4v) is 2.66. The summed E-state index contributed by atoms with van der Waals surface area (Å²) in [6.07, 6.45) is 0.637. The lowest BCUT2D eigenvalue weighted by molar-refractivity contribution is 0.0920. The Morgan fingerprint density at radius 3 is 2.50 bits per heavy atom. The van der Waals surface area contributed by atoms with E-state index in [1.54, 1.807) is 0 Å². The SMILES string of the molecule is CCOc1ccc(CCNC(=O)c2nnc(-c3ccccc3)o2)cc1OCC. The molecule has 28 heavy (non-hydrogen) atoms. The molecule has 1 heterocycles. The summed E-state index contributed by atoms with van der Waals surface area (Å²) in [5.41, 5.74) is 1.80. The molecule has 0 aliphatic heterocycles. The van der Waals surface area contributed by atoms with Crippen molar-refractivity contribution in [2.24, 2.45) is 0 Å². The van der Waals surface area contributed by atoms with E-state index in [0.717, 1.165) is 16.9 Å². The van der Waals surface area contributed by atoms with Crippen LogP contribution in [0.5, 0.6) is 11.5 Å². The van der Waals surface area contributed by atoms with Crippen molar-refractivity contribution in [3.05, 3.63) is 60.0 Å². The molecule has 0 saturated heterocycles. The standard InChI is InChI=1S/C21H23N3O4/c1-3-26-17-11-10-15(14-18(17)27-4-2)12-13-22-19(25)21-24-23-20(28-21)16-8-6-5-7-9-16/h5-11,14H,3-4,12-13H2,1-2H3,(H,22,25). The summed E-state index contributed by atoms with van der Waals surface area (Å²) < 4.78 is 16.6. The molecule has 0 spiro atoms. The zero-order chi connectivity index (χ0) is 19.8. The second-order valence-corrected chi connectivity index (χ2v) is 5.93. The number of aromatic nitrogens is 2. The Bertz CT molecular complexity index is 909. The normalized spacial score (nSPS) is 10.5. The van der Waals surface area contributed by atoms with Gasteiger partial charge in [0, 0.05) is 12.1 Å². The van der Waals surface area contributed by atoms with Crippen LogP contribution in [0.25, 0.3) is 11.5 Å². The van der Waals surface area contributed by atoms with Crippen molar-refractivity contribution in [3.8, 4) is 23.0 Å². The Morgan fingerprint density at radius 2 is 1.75 bits per heavy atom. The molecule has 0 aliphatic rings. The number of rotatable bonds is 9. The summed E-state index contributed by atoms with van der Waals surface area (Å²) in [5, 5.41) is 10.5. The lowest BCUT2D eigenvalue weighted by Crippen LogP contribution is -2.26. The van der Waals surface area contributed by atoms with Gasteiger partial charge < -0.3 is 19.2 Å². The minimum Gasteiger partial charge on any atom is -0.490 e. The molecule has 1 aromatic heterocycles. The minimum atomic E-state index is -0.398. The number of carbonyl (C=O) groups is 1. The highest BCUT2D eigenvalue weighted by molar-refractivity contribution is 5.89. The van der Waals surface area contributed by atoms with Crippen LogP contribution in [0.15, 0.2) is 52.9 Å². The summed E-state index contributed by atoms with van der Waals surface area (Å²) in [6.45, 7) is 5.42. The van der Waals surface area contributed by atoms with Gasteiger partial charge in [0.1, 0.15) is 0 Å². The van der Waals surface area contributed by atoms with E-state index in [0.29, 0.717) is 37.8 Å². The van der Waals surface area contributed by atoms with E-state index in [1.807, 2.05) is 62.4 Å². The van der Waals surface area contributed by atoms with E-state index < -0.39 is 5.91 Å². The highest BCUT2D eigenvalue weighted by Crippen LogP contribution is 2.28. The van der Waals surface area contributed by atoms with Gasteiger partial charge in [0.05, 0.1) is 13.2 Å². The van der Waals surface area contributed by atoms with Gasteiger partial charge in [-0.25, -0.2) is 0 Å². The Morgan fingerprint density at radius 1 is 1.00 bits per heavy atom. The monoisotopic (exact) mass is 381 g/mol. The summed E-state index contributed by atoms with van der Waals surface area (Å²) in [7, 11) is 0. The van der Waals surface area contributed by atoms with Gasteiger partial charge in [0.25, 0.3) is 0 Å². The summed E-state index contributed by atoms with van der Waals surface area (Å²) in [4.78, 5) is 12.2. The summed E-state index contributed by atoms with van der Waals surface area (Å²) >= 11 is 0. The molecule has 146 valence electrons. The molecule has 0 bridgehead atoms. The first-order valence-corrected chi connectivity index (χ1v) is 9.27. The van der Waals surface area contributed by atoms with Gasteiger partial charge in [-0.1, -0.05) is 24.3 Å². The number of carbonyl (C=O) groups excluding carboxylic acids is 1. The van der Waals surface area contributed by atoms with Crippen LogP contribution in [-0.2, 0) is 6.42 Å². The van der Waals surface area contributed by atoms with E-state index in [2.05, 4.69) is 15.5 Å². The average Bonchev–Trinajstić information content (AvgIpc) is 3.21. The van der Waals surface area contributed by atoms with Crippen LogP contribution in [0.2, 0.25) is 0 Å². The van der Waals surface area contributed by atoms with Crippen LogP contribution in [0.3, 0.4) is 0 Å². The quantitative estimate of drug-likeness (QED) is 0.610. The maximum absolute atomic E-state index is 12.2. The van der Waals surface area contributed by atoms with Crippen LogP contribution in [0.1, 0.15) is 30.1 Å². The van der Waals surface area contributed by atoms with Crippen molar-refractivity contribution < 1.29 is 18.7 Å². The van der Waals surface area contributed by atoms with E-state index >= 15 is 0 Å². The Balaban J connectivity index is 1.57. The Labute approximate surface area is 163 Å². The molecular weight excluding hydrogens is 358 g/mol. The lowest BCUT2D eigenvalue weighted by Gasteiger charge is -2.12. The summed E-state index contributed by atoms with van der Waals surface area (Å²) in [6, 6.07) is 15.1. The number of nitrogens with zero attached hydrogens (tertiary/aromatic N) is 2. The van der Waals surface area contributed by atoms with Crippen molar-refractivity contribution >= 4 is 5.91 Å². The van der Waals surface area contributed by atoms with Crippen molar-refractivity contribution in [3.63, 3.8) is 0 Å². The molecule has 1 N–H and O–H groups in total. The number of benzene rings is 2. The smallest absolute Gasteiger partial charge is 0.308 e. The first-order valence-electron chi connectivity index (χ1n) is 9.27. The molecule has 0 unspecified atom stereocenters. The third-order valence-corrected chi connectivity index (χ3v) is 3.95. The third kappa shape index (κ3) is 4.88. The predicted octanol–water partition coefficient (Wildman–Crippen LogP) is 3.51. The van der Waals surface area contributed by atoms with Crippen LogP contribution in [0, 0.1) is 0 Å². The van der Waals surface area contributed by atoms with Gasteiger partial charge in [0.2, 0.25) is 5.89 Å². The maximum atomic E-state index is 12.2. The van der Waals surface area contributed by atoms with E-state index in [9.17, 15) is 4.79 Å². The molecule has 0 atom stereocenters. The average molecular weight is 381 g/mol. The largest absolute Gasteiger partial charge is 0.490 e. The highest BCUT2D eigenvalue weighted by atomic mass is 16.5. The fraction of sp³-hybridized carbons (Fsp3) is 0.286. The second kappa shape index (κ2) is 9.55. The summed E-state index contributed by atoms with van der Waals surface area (Å²) in [5.74, 6) is 1.29. The van der Waals surface area contributed by atoms with Crippen LogP contribution in [-0.4, -0.2) is 35.9 Å². The molecule has 3 aromatic rings. The molecule has 0 fully saturated rings. The Hall–Kier alpha value is -3.35. The zero-order valence-corrected chi connectivity index (χ0v) is 16.0. The molecule has 7 nitrogen and oxygen atoms in total. The maximum Gasteiger partial charge on any atom is 0.308 e. The van der Waals surface area contributed by atoms with E-state index in [-0.39, 0.29) is 5.89 Å². The fourth-order valence-electron chi connectivity index (χ4n) is 2.66. The van der Waals surface area contributed by atoms with Crippen molar-refractivity contribution in [1.29, 1.82) is 0 Å². The van der Waals surface area contributed by atoms with E-state index in [4.69, 9.17) is 13.9 Å². The molecule has 3 rings (SSSR count). The van der Waals surface area contributed by atoms with E-state index in [1.165, 1.54) is 0 Å². The molecule has 0 radical (unpaired) electrons. The molecule has 2 aromatic carbocycles. The topological polar surface area (TPSA) is 86.5 Å². The first-order chi connectivity index (χ1) is 13.7. The van der Waals surface area contributed by atoms with Gasteiger partial charge in [-0.05, 0) is 50.1 Å². The molecule has 1 amide bonds. The van der Waals surface area contributed by atoms with Gasteiger partial charge in [-0.2, -0.15) is 0 Å². The van der Waals surface area contributed by atoms with Crippen molar-refractivity contribution in [2.45, 2.75) is 20.3 Å². The molecule has 7 heteroatoms. The number of nitrogens with one attached hydrogen (secondary N) is 1.